The Labute approximate surface area is 303 Å². The minimum absolute atomic E-state index is 0.0479. The number of rotatable bonds is 9. The van der Waals surface area contributed by atoms with Crippen LogP contribution in [0, 0.1) is 23.7 Å². The van der Waals surface area contributed by atoms with Crippen LogP contribution in [0.2, 0.25) is 10.0 Å². The number of esters is 5. The molecule has 3 aromatic carbocycles. The second-order valence-corrected chi connectivity index (χ2v) is 12.9. The molecule has 6 atom stereocenters. The quantitative estimate of drug-likeness (QED) is 0.130. The molecule has 0 spiro atoms. The van der Waals surface area contributed by atoms with Crippen molar-refractivity contribution in [3.8, 4) is 0 Å². The Balaban J connectivity index is 1.80. The standard InChI is InChI=1S/C38H34Cl2O11/c1-47-34(42)28-27-19-25(21-8-6-5-7-9-21)29(35(43)48-2)38(46,30(27)36(44)49-3)31(37(45)50-4)32(28)51-33(41)26(22-12-16-24(40)17-13-22)18-20-10-14-23(39)15-11-20/h5-18,25,27,29-31,46H,19H2,1-4H3/b26-18+/t25-,27-,29+,30+,31?,38-/m1/s1. The highest BCUT2D eigenvalue weighted by molar-refractivity contribution is 6.31. The SMILES string of the molecule is COC(=O)C1=C(OC(=O)/C(=C/c2ccc(Cl)cc2)c2ccc(Cl)cc2)C(C(=O)OC)[C@]2(O)[C@H](C(=O)OC)[C@@H]1C[C@H](c1ccccc1)[C@H]2C(=O)OC. The predicted molar refractivity (Wildman–Crippen MR) is 185 cm³/mol. The highest BCUT2D eigenvalue weighted by Crippen LogP contribution is 2.60. The summed E-state index contributed by atoms with van der Waals surface area (Å²) in [6, 6.07) is 21.3. The van der Waals surface area contributed by atoms with E-state index >= 15 is 0 Å². The van der Waals surface area contributed by atoms with E-state index in [0.717, 1.165) is 28.4 Å². The molecule has 11 nitrogen and oxygen atoms in total. The molecule has 0 amide bonds. The lowest BCUT2D eigenvalue weighted by Crippen LogP contribution is -2.68. The van der Waals surface area contributed by atoms with Gasteiger partial charge in [-0.3, -0.25) is 14.4 Å². The van der Waals surface area contributed by atoms with Gasteiger partial charge in [-0.15, -0.1) is 0 Å². The average Bonchev–Trinajstić information content (AvgIpc) is 3.13. The Morgan fingerprint density at radius 3 is 1.76 bits per heavy atom. The van der Waals surface area contributed by atoms with Crippen molar-refractivity contribution in [3.63, 3.8) is 0 Å². The first kappa shape index (κ1) is 37.3. The zero-order chi connectivity index (χ0) is 37.0. The predicted octanol–water partition coefficient (Wildman–Crippen LogP) is 5.42. The van der Waals surface area contributed by atoms with Crippen LogP contribution >= 0.6 is 23.2 Å². The van der Waals surface area contributed by atoms with Crippen molar-refractivity contribution in [2.24, 2.45) is 23.7 Å². The number of aliphatic hydroxyl groups is 1. The number of hydrogen-bond acceptors (Lipinski definition) is 11. The van der Waals surface area contributed by atoms with Crippen LogP contribution in [0.1, 0.15) is 29.0 Å². The third-order valence-corrected chi connectivity index (χ3v) is 9.91. The van der Waals surface area contributed by atoms with E-state index in [1.165, 1.54) is 6.08 Å². The number of carbonyl (C=O) groups is 5. The molecule has 3 aromatic rings. The van der Waals surface area contributed by atoms with Gasteiger partial charge in [0.1, 0.15) is 17.3 Å². The van der Waals surface area contributed by atoms with Crippen molar-refractivity contribution in [3.05, 3.63) is 117 Å². The van der Waals surface area contributed by atoms with Crippen molar-refractivity contribution in [1.82, 2.24) is 0 Å². The van der Waals surface area contributed by atoms with Crippen LogP contribution in [0.3, 0.4) is 0 Å². The number of benzene rings is 3. The normalized spacial score (nSPS) is 24.2. The second kappa shape index (κ2) is 15.5. The van der Waals surface area contributed by atoms with Gasteiger partial charge in [0, 0.05) is 21.9 Å². The third kappa shape index (κ3) is 7.01. The Morgan fingerprint density at radius 1 is 0.706 bits per heavy atom. The van der Waals surface area contributed by atoms with Crippen molar-refractivity contribution in [2.75, 3.05) is 28.4 Å². The zero-order valence-electron chi connectivity index (χ0n) is 28.0. The van der Waals surface area contributed by atoms with Crippen LogP contribution in [0.25, 0.3) is 11.6 Å². The van der Waals surface area contributed by atoms with Crippen LogP contribution in [-0.4, -0.2) is 69.0 Å². The van der Waals surface area contributed by atoms with Gasteiger partial charge in [0.05, 0.1) is 51.4 Å². The molecule has 1 fully saturated rings. The first-order valence-corrected chi connectivity index (χ1v) is 16.4. The van der Waals surface area contributed by atoms with Gasteiger partial charge in [-0.2, -0.15) is 0 Å². The lowest BCUT2D eigenvalue weighted by Gasteiger charge is -2.55. The largest absolute Gasteiger partial charge is 0.469 e. The maximum absolute atomic E-state index is 14.4. The Bertz CT molecular complexity index is 1890. The molecule has 2 aliphatic rings. The number of carbonyl (C=O) groups excluding carboxylic acids is 5. The molecule has 51 heavy (non-hydrogen) atoms. The monoisotopic (exact) mass is 736 g/mol. The summed E-state index contributed by atoms with van der Waals surface area (Å²) in [6.45, 7) is 0. The molecule has 266 valence electrons. The molecule has 0 radical (unpaired) electrons. The minimum Gasteiger partial charge on any atom is -0.469 e. The summed E-state index contributed by atoms with van der Waals surface area (Å²) < 4.78 is 26.6. The summed E-state index contributed by atoms with van der Waals surface area (Å²) in [5.41, 5.74) is -1.73. The van der Waals surface area contributed by atoms with Crippen LogP contribution in [0.4, 0.5) is 0 Å². The molecule has 1 N–H and O–H groups in total. The maximum Gasteiger partial charge on any atom is 0.343 e. The van der Waals surface area contributed by atoms with Crippen LogP contribution in [-0.2, 0) is 47.7 Å². The molecule has 1 saturated carbocycles. The molecule has 0 saturated heterocycles. The lowest BCUT2D eigenvalue weighted by molar-refractivity contribution is -0.208. The van der Waals surface area contributed by atoms with Gasteiger partial charge in [-0.1, -0.05) is 77.8 Å². The lowest BCUT2D eigenvalue weighted by atomic mass is 9.49. The summed E-state index contributed by atoms with van der Waals surface area (Å²) in [5, 5.41) is 13.8. The Hall–Kier alpha value is -4.97. The molecule has 13 heteroatoms. The average molecular weight is 738 g/mol. The number of fused-ring (bicyclic) bond motifs is 2. The number of ether oxygens (including phenoxy) is 5. The van der Waals surface area contributed by atoms with Gasteiger partial charge in [0.2, 0.25) is 0 Å². The van der Waals surface area contributed by atoms with Gasteiger partial charge >= 0.3 is 29.8 Å². The van der Waals surface area contributed by atoms with E-state index in [9.17, 15) is 29.1 Å². The molecular formula is C38H34Cl2O11. The van der Waals surface area contributed by atoms with E-state index in [4.69, 9.17) is 46.9 Å². The summed E-state index contributed by atoms with van der Waals surface area (Å²) in [5.74, 6) is -13.6. The van der Waals surface area contributed by atoms with Crippen LogP contribution < -0.4 is 0 Å². The first-order valence-electron chi connectivity index (χ1n) is 15.7. The smallest absolute Gasteiger partial charge is 0.343 e. The Morgan fingerprint density at radius 2 is 1.24 bits per heavy atom. The summed E-state index contributed by atoms with van der Waals surface area (Å²) >= 11 is 12.2. The van der Waals surface area contributed by atoms with Crippen LogP contribution in [0.5, 0.6) is 0 Å². The molecule has 0 aromatic heterocycles. The maximum atomic E-state index is 14.4. The fraction of sp³-hybridized carbons (Fsp3) is 0.289. The molecule has 0 aliphatic heterocycles. The van der Waals surface area contributed by atoms with Gasteiger partial charge in [-0.05, 0) is 53.5 Å². The van der Waals surface area contributed by atoms with Gasteiger partial charge in [0.25, 0.3) is 0 Å². The third-order valence-electron chi connectivity index (χ3n) is 9.41. The summed E-state index contributed by atoms with van der Waals surface area (Å²) in [6.07, 6.45) is 1.36. The van der Waals surface area contributed by atoms with E-state index in [1.807, 2.05) is 0 Å². The Kier molecular flexibility index (Phi) is 11.3. The van der Waals surface area contributed by atoms with Crippen molar-refractivity contribution >= 4 is 64.7 Å². The highest BCUT2D eigenvalue weighted by atomic mass is 35.5. The van der Waals surface area contributed by atoms with Crippen molar-refractivity contribution < 1.29 is 52.8 Å². The molecular weight excluding hydrogens is 703 g/mol. The minimum atomic E-state index is -2.72. The number of halogens is 2. The van der Waals surface area contributed by atoms with Crippen molar-refractivity contribution in [1.29, 1.82) is 0 Å². The molecule has 1 unspecified atom stereocenters. The van der Waals surface area contributed by atoms with E-state index in [2.05, 4.69) is 0 Å². The van der Waals surface area contributed by atoms with E-state index in [1.54, 1.807) is 78.9 Å². The van der Waals surface area contributed by atoms with Gasteiger partial charge < -0.3 is 28.8 Å². The number of methoxy groups -OCH3 is 4. The molecule has 2 bridgehead atoms. The van der Waals surface area contributed by atoms with Gasteiger partial charge in [0.15, 0.2) is 0 Å². The highest BCUT2D eigenvalue weighted by Gasteiger charge is 2.71. The summed E-state index contributed by atoms with van der Waals surface area (Å²) in [7, 11) is 4.24. The van der Waals surface area contributed by atoms with E-state index < -0.39 is 70.8 Å². The number of hydrogen-bond donors (Lipinski definition) is 1. The molecule has 5 rings (SSSR count). The van der Waals surface area contributed by atoms with E-state index in [0.29, 0.717) is 26.7 Å². The molecule has 0 heterocycles. The molecule has 2 aliphatic carbocycles. The summed E-state index contributed by atoms with van der Waals surface area (Å²) in [4.78, 5) is 69.6. The second-order valence-electron chi connectivity index (χ2n) is 12.0. The zero-order valence-corrected chi connectivity index (χ0v) is 29.5. The van der Waals surface area contributed by atoms with Crippen molar-refractivity contribution in [2.45, 2.75) is 17.9 Å². The fourth-order valence-electron chi connectivity index (χ4n) is 7.22. The van der Waals surface area contributed by atoms with Gasteiger partial charge in [-0.25, -0.2) is 9.59 Å². The topological polar surface area (TPSA) is 152 Å². The van der Waals surface area contributed by atoms with E-state index in [-0.39, 0.29) is 17.6 Å². The first-order chi connectivity index (χ1) is 24.4. The fourth-order valence-corrected chi connectivity index (χ4v) is 7.48. The van der Waals surface area contributed by atoms with Crippen LogP contribution in [0.15, 0.2) is 90.2 Å².